The Balaban J connectivity index is 2.33. The maximum atomic E-state index is 6.11. The number of aryl methyl sites for hydroxylation is 1. The third kappa shape index (κ3) is 2.38. The molecule has 0 saturated carbocycles. The highest BCUT2D eigenvalue weighted by atomic mass is 35.5. The molecule has 0 aliphatic rings. The summed E-state index contributed by atoms with van der Waals surface area (Å²) >= 11 is 6.11. The van der Waals surface area contributed by atoms with Crippen LogP contribution >= 0.6 is 11.6 Å². The third-order valence-electron chi connectivity index (χ3n) is 3.66. The molecule has 0 unspecified atom stereocenters. The van der Waals surface area contributed by atoms with Crippen LogP contribution < -0.4 is 4.74 Å². The number of para-hydroxylation sites is 1. The van der Waals surface area contributed by atoms with E-state index in [4.69, 9.17) is 16.3 Å². The summed E-state index contributed by atoms with van der Waals surface area (Å²) in [5, 5.41) is 0. The SMILES string of the molecule is CCc1ccccc1-n1c(CCl)nc2ccc(OC)cc21. The lowest BCUT2D eigenvalue weighted by Gasteiger charge is -2.12. The first kappa shape index (κ1) is 14.0. The number of nitrogens with zero attached hydrogens (tertiary/aromatic N) is 2. The van der Waals surface area contributed by atoms with Crippen molar-refractivity contribution in [1.82, 2.24) is 9.55 Å². The topological polar surface area (TPSA) is 27.1 Å². The van der Waals surface area contributed by atoms with Crippen molar-refractivity contribution in [2.75, 3.05) is 7.11 Å². The largest absolute Gasteiger partial charge is 0.497 e. The van der Waals surface area contributed by atoms with Gasteiger partial charge in [-0.3, -0.25) is 4.57 Å². The molecule has 0 aliphatic carbocycles. The Kier molecular flexibility index (Phi) is 3.84. The number of ether oxygens (including phenoxy) is 1. The van der Waals surface area contributed by atoms with Crippen LogP contribution in [0.5, 0.6) is 5.75 Å². The number of hydrogen-bond acceptors (Lipinski definition) is 2. The van der Waals surface area contributed by atoms with Crippen LogP contribution in [0, 0.1) is 0 Å². The van der Waals surface area contributed by atoms with Crippen LogP contribution in [0.3, 0.4) is 0 Å². The Hall–Kier alpha value is -2.00. The lowest BCUT2D eigenvalue weighted by atomic mass is 10.1. The molecule has 0 amide bonds. The fraction of sp³-hybridized carbons (Fsp3) is 0.235. The van der Waals surface area contributed by atoms with Gasteiger partial charge in [0.15, 0.2) is 0 Å². The van der Waals surface area contributed by atoms with Crippen molar-refractivity contribution in [2.24, 2.45) is 0 Å². The van der Waals surface area contributed by atoms with Crippen molar-refractivity contribution < 1.29 is 4.74 Å². The molecule has 0 aliphatic heterocycles. The van der Waals surface area contributed by atoms with Crippen molar-refractivity contribution in [1.29, 1.82) is 0 Å². The molecule has 0 fully saturated rings. The molecule has 0 N–H and O–H groups in total. The quantitative estimate of drug-likeness (QED) is 0.670. The van der Waals surface area contributed by atoms with Gasteiger partial charge in [0.2, 0.25) is 0 Å². The third-order valence-corrected chi connectivity index (χ3v) is 3.90. The Bertz CT molecular complexity index is 780. The van der Waals surface area contributed by atoms with E-state index < -0.39 is 0 Å². The first-order chi connectivity index (χ1) is 10.3. The number of hydrogen-bond donors (Lipinski definition) is 0. The Morgan fingerprint density at radius 1 is 1.19 bits per heavy atom. The molecule has 4 heteroatoms. The van der Waals surface area contributed by atoms with E-state index in [0.717, 1.165) is 34.7 Å². The molecule has 3 aromatic rings. The standard InChI is InChI=1S/C17H17ClN2O/c1-3-12-6-4-5-7-15(12)20-16-10-13(21-2)8-9-14(16)19-17(20)11-18/h4-10H,3,11H2,1-2H3. The molecule has 0 radical (unpaired) electrons. The summed E-state index contributed by atoms with van der Waals surface area (Å²) in [5.41, 5.74) is 4.35. The first-order valence-corrected chi connectivity index (χ1v) is 7.51. The molecule has 3 nitrogen and oxygen atoms in total. The second-order valence-corrected chi connectivity index (χ2v) is 5.10. The van der Waals surface area contributed by atoms with Gasteiger partial charge in [-0.15, -0.1) is 11.6 Å². The van der Waals surface area contributed by atoms with Gasteiger partial charge < -0.3 is 4.74 Å². The lowest BCUT2D eigenvalue weighted by molar-refractivity contribution is 0.415. The number of halogens is 1. The van der Waals surface area contributed by atoms with E-state index in [0.29, 0.717) is 5.88 Å². The fourth-order valence-corrected chi connectivity index (χ4v) is 2.80. The van der Waals surface area contributed by atoms with Crippen molar-refractivity contribution in [2.45, 2.75) is 19.2 Å². The normalized spacial score (nSPS) is 11.0. The molecule has 108 valence electrons. The summed E-state index contributed by atoms with van der Waals surface area (Å²) in [7, 11) is 1.67. The number of fused-ring (bicyclic) bond motifs is 1. The van der Waals surface area contributed by atoms with Crippen LogP contribution in [0.25, 0.3) is 16.7 Å². The number of aromatic nitrogens is 2. The molecular formula is C17H17ClN2O. The molecular weight excluding hydrogens is 284 g/mol. The van der Waals surface area contributed by atoms with Crippen molar-refractivity contribution in [3.8, 4) is 11.4 Å². The first-order valence-electron chi connectivity index (χ1n) is 6.98. The van der Waals surface area contributed by atoms with Gasteiger partial charge >= 0.3 is 0 Å². The monoisotopic (exact) mass is 300 g/mol. The van der Waals surface area contributed by atoms with E-state index in [2.05, 4.69) is 34.7 Å². The Morgan fingerprint density at radius 2 is 2.00 bits per heavy atom. The number of rotatable bonds is 4. The summed E-state index contributed by atoms with van der Waals surface area (Å²) in [4.78, 5) is 4.63. The second-order valence-electron chi connectivity index (χ2n) is 4.83. The predicted molar refractivity (Wildman–Crippen MR) is 86.6 cm³/mol. The molecule has 1 heterocycles. The second kappa shape index (κ2) is 5.78. The van der Waals surface area contributed by atoms with E-state index >= 15 is 0 Å². The van der Waals surface area contributed by atoms with Gasteiger partial charge in [-0.05, 0) is 30.2 Å². The highest BCUT2D eigenvalue weighted by Crippen LogP contribution is 2.28. The average molecular weight is 301 g/mol. The average Bonchev–Trinajstić information content (AvgIpc) is 2.92. The van der Waals surface area contributed by atoms with Crippen molar-refractivity contribution in [3.05, 3.63) is 53.9 Å². The number of methoxy groups -OCH3 is 1. The Morgan fingerprint density at radius 3 is 2.71 bits per heavy atom. The molecule has 3 rings (SSSR count). The van der Waals surface area contributed by atoms with Gasteiger partial charge in [-0.2, -0.15) is 0 Å². The van der Waals surface area contributed by atoms with Gasteiger partial charge in [0, 0.05) is 6.07 Å². The summed E-state index contributed by atoms with van der Waals surface area (Å²) < 4.78 is 7.47. The van der Waals surface area contributed by atoms with E-state index in [9.17, 15) is 0 Å². The fourth-order valence-electron chi connectivity index (χ4n) is 2.62. The van der Waals surface area contributed by atoms with Crippen molar-refractivity contribution in [3.63, 3.8) is 0 Å². The number of benzene rings is 2. The van der Waals surface area contributed by atoms with Crippen LogP contribution in [0.2, 0.25) is 0 Å². The van der Waals surface area contributed by atoms with Crippen molar-refractivity contribution >= 4 is 22.6 Å². The van der Waals surface area contributed by atoms with E-state index in [-0.39, 0.29) is 0 Å². The molecule has 2 aromatic carbocycles. The van der Waals surface area contributed by atoms with Crippen LogP contribution in [-0.2, 0) is 12.3 Å². The number of imidazole rings is 1. The summed E-state index contributed by atoms with van der Waals surface area (Å²) in [6, 6.07) is 14.2. The van der Waals surface area contributed by atoms with E-state index in [1.807, 2.05) is 24.3 Å². The van der Waals surface area contributed by atoms with E-state index in [1.165, 1.54) is 5.56 Å². The zero-order valence-electron chi connectivity index (χ0n) is 12.1. The number of alkyl halides is 1. The maximum Gasteiger partial charge on any atom is 0.129 e. The maximum absolute atomic E-state index is 6.11. The van der Waals surface area contributed by atoms with Crippen LogP contribution in [-0.4, -0.2) is 16.7 Å². The zero-order chi connectivity index (χ0) is 14.8. The van der Waals surface area contributed by atoms with Gasteiger partial charge in [0.1, 0.15) is 11.6 Å². The van der Waals surface area contributed by atoms with Gasteiger partial charge in [-0.25, -0.2) is 4.98 Å². The minimum Gasteiger partial charge on any atom is -0.497 e. The van der Waals surface area contributed by atoms with E-state index in [1.54, 1.807) is 7.11 Å². The van der Waals surface area contributed by atoms with Gasteiger partial charge in [0.05, 0.1) is 29.7 Å². The molecule has 0 spiro atoms. The molecule has 21 heavy (non-hydrogen) atoms. The molecule has 0 atom stereocenters. The van der Waals surface area contributed by atoms with Crippen LogP contribution in [0.1, 0.15) is 18.3 Å². The molecule has 0 saturated heterocycles. The summed E-state index contributed by atoms with van der Waals surface area (Å²) in [5.74, 6) is 2.04. The highest BCUT2D eigenvalue weighted by Gasteiger charge is 2.14. The van der Waals surface area contributed by atoms with Crippen LogP contribution in [0.4, 0.5) is 0 Å². The highest BCUT2D eigenvalue weighted by molar-refractivity contribution is 6.17. The predicted octanol–water partition coefficient (Wildman–Crippen LogP) is 4.34. The molecule has 1 aromatic heterocycles. The smallest absolute Gasteiger partial charge is 0.129 e. The molecule has 0 bridgehead atoms. The minimum absolute atomic E-state index is 0.370. The minimum atomic E-state index is 0.370. The van der Waals surface area contributed by atoms with Gasteiger partial charge in [0.25, 0.3) is 0 Å². The Labute approximate surface area is 129 Å². The lowest BCUT2D eigenvalue weighted by Crippen LogP contribution is -2.02. The zero-order valence-corrected chi connectivity index (χ0v) is 12.9. The van der Waals surface area contributed by atoms with Gasteiger partial charge in [-0.1, -0.05) is 25.1 Å². The van der Waals surface area contributed by atoms with Crippen LogP contribution in [0.15, 0.2) is 42.5 Å². The summed E-state index contributed by atoms with van der Waals surface area (Å²) in [6.45, 7) is 2.15. The summed E-state index contributed by atoms with van der Waals surface area (Å²) in [6.07, 6.45) is 0.960.